The fourth-order valence-electron chi connectivity index (χ4n) is 1.19. The van der Waals surface area contributed by atoms with E-state index in [0.29, 0.717) is 12.3 Å². The van der Waals surface area contributed by atoms with Crippen LogP contribution in [0.3, 0.4) is 0 Å². The first-order valence-electron chi connectivity index (χ1n) is 5.56. The van der Waals surface area contributed by atoms with Crippen LogP contribution < -0.4 is 0 Å². The molecular weight excluding hydrogens is 188 g/mol. The van der Waals surface area contributed by atoms with Crippen molar-refractivity contribution in [3.63, 3.8) is 0 Å². The smallest absolute Gasteiger partial charge is 0.310 e. The highest BCUT2D eigenvalue weighted by Crippen LogP contribution is 2.14. The highest BCUT2D eigenvalue weighted by atomic mass is 16.5. The summed E-state index contributed by atoms with van der Waals surface area (Å²) in [4.78, 5) is 10.9. The lowest BCUT2D eigenvalue weighted by atomic mass is 9.99. The van der Waals surface area contributed by atoms with E-state index in [1.807, 2.05) is 13.0 Å². The van der Waals surface area contributed by atoms with Crippen molar-refractivity contribution in [3.05, 3.63) is 24.5 Å². The Bertz CT molecular complexity index is 229. The van der Waals surface area contributed by atoms with Gasteiger partial charge in [0.25, 0.3) is 0 Å². The summed E-state index contributed by atoms with van der Waals surface area (Å²) in [6, 6.07) is 0. The normalized spacial score (nSPS) is 13.4. The maximum atomic E-state index is 10.9. The van der Waals surface area contributed by atoms with Crippen LogP contribution in [-0.4, -0.2) is 5.97 Å². The molecule has 0 saturated heterocycles. The molecule has 86 valence electrons. The first-order valence-corrected chi connectivity index (χ1v) is 5.56. The molecule has 0 fully saturated rings. The lowest BCUT2D eigenvalue weighted by Gasteiger charge is -2.08. The van der Waals surface area contributed by atoms with Gasteiger partial charge in [0, 0.05) is 6.42 Å². The van der Waals surface area contributed by atoms with Crippen molar-refractivity contribution < 1.29 is 9.53 Å². The van der Waals surface area contributed by atoms with E-state index in [1.54, 1.807) is 13.2 Å². The Morgan fingerprint density at radius 2 is 2.20 bits per heavy atom. The van der Waals surface area contributed by atoms with Gasteiger partial charge in [0.15, 0.2) is 0 Å². The van der Waals surface area contributed by atoms with E-state index in [-0.39, 0.29) is 5.97 Å². The second-order valence-electron chi connectivity index (χ2n) is 3.98. The Morgan fingerprint density at radius 3 is 2.73 bits per heavy atom. The van der Waals surface area contributed by atoms with Crippen molar-refractivity contribution in [1.29, 1.82) is 0 Å². The van der Waals surface area contributed by atoms with Gasteiger partial charge < -0.3 is 4.74 Å². The maximum Gasteiger partial charge on any atom is 0.310 e. The Labute approximate surface area is 93.0 Å². The molecule has 0 aliphatic heterocycles. The third kappa shape index (κ3) is 7.98. The molecule has 0 aromatic carbocycles. The molecule has 2 heteroatoms. The minimum atomic E-state index is -0.173. The van der Waals surface area contributed by atoms with Gasteiger partial charge in [-0.15, -0.1) is 6.58 Å². The SMILES string of the molecule is C=CCC(C)CC/C(C)=C/OC(=O)CC. The molecule has 0 rings (SSSR count). The zero-order valence-corrected chi connectivity index (χ0v) is 10.1. The summed E-state index contributed by atoms with van der Waals surface area (Å²) >= 11 is 0. The Morgan fingerprint density at radius 1 is 1.53 bits per heavy atom. The van der Waals surface area contributed by atoms with E-state index >= 15 is 0 Å². The minimum Gasteiger partial charge on any atom is -0.435 e. The van der Waals surface area contributed by atoms with Gasteiger partial charge >= 0.3 is 5.97 Å². The Hall–Kier alpha value is -1.05. The Kier molecular flexibility index (Phi) is 7.69. The number of carbonyl (C=O) groups excluding carboxylic acids is 1. The summed E-state index contributed by atoms with van der Waals surface area (Å²) in [5, 5.41) is 0. The summed E-state index contributed by atoms with van der Waals surface area (Å²) in [5.41, 5.74) is 1.12. The van der Waals surface area contributed by atoms with Crippen molar-refractivity contribution in [2.45, 2.75) is 46.5 Å². The number of allylic oxidation sites excluding steroid dienone is 2. The maximum absolute atomic E-state index is 10.9. The summed E-state index contributed by atoms with van der Waals surface area (Å²) < 4.78 is 4.92. The minimum absolute atomic E-state index is 0.173. The molecule has 15 heavy (non-hydrogen) atoms. The zero-order valence-electron chi connectivity index (χ0n) is 10.1. The summed E-state index contributed by atoms with van der Waals surface area (Å²) in [5.74, 6) is 0.473. The first kappa shape index (κ1) is 13.9. The third-order valence-corrected chi connectivity index (χ3v) is 2.28. The number of hydrogen-bond acceptors (Lipinski definition) is 2. The molecular formula is C13H22O2. The van der Waals surface area contributed by atoms with Gasteiger partial charge in [0.1, 0.15) is 0 Å². The second kappa shape index (κ2) is 8.27. The average molecular weight is 210 g/mol. The van der Waals surface area contributed by atoms with Crippen LogP contribution in [-0.2, 0) is 9.53 Å². The highest BCUT2D eigenvalue weighted by Gasteiger charge is 2.01. The van der Waals surface area contributed by atoms with Crippen LogP contribution in [0.5, 0.6) is 0 Å². The van der Waals surface area contributed by atoms with E-state index in [2.05, 4.69) is 13.5 Å². The largest absolute Gasteiger partial charge is 0.435 e. The standard InChI is InChI=1S/C13H22O2/c1-5-7-11(3)8-9-12(4)10-15-13(14)6-2/h5,10-11H,1,6-9H2,2-4H3/b12-10+. The van der Waals surface area contributed by atoms with E-state index < -0.39 is 0 Å². The molecule has 1 atom stereocenters. The van der Waals surface area contributed by atoms with Gasteiger partial charge in [-0.2, -0.15) is 0 Å². The fourth-order valence-corrected chi connectivity index (χ4v) is 1.19. The molecule has 0 aromatic heterocycles. The quantitative estimate of drug-likeness (QED) is 0.362. The molecule has 0 aliphatic rings. The lowest BCUT2D eigenvalue weighted by Crippen LogP contribution is -1.97. The zero-order chi connectivity index (χ0) is 11.7. The number of esters is 1. The number of rotatable bonds is 7. The van der Waals surface area contributed by atoms with Gasteiger partial charge in [0.2, 0.25) is 0 Å². The van der Waals surface area contributed by atoms with Gasteiger partial charge in [-0.1, -0.05) is 19.9 Å². The second-order valence-corrected chi connectivity index (χ2v) is 3.98. The molecule has 1 unspecified atom stereocenters. The monoisotopic (exact) mass is 210 g/mol. The van der Waals surface area contributed by atoms with E-state index in [9.17, 15) is 4.79 Å². The van der Waals surface area contributed by atoms with Crippen molar-refractivity contribution >= 4 is 5.97 Å². The number of ether oxygens (including phenoxy) is 1. The number of hydrogen-bond donors (Lipinski definition) is 0. The van der Waals surface area contributed by atoms with Crippen molar-refractivity contribution in [1.82, 2.24) is 0 Å². The van der Waals surface area contributed by atoms with E-state index in [1.165, 1.54) is 0 Å². The molecule has 2 nitrogen and oxygen atoms in total. The van der Waals surface area contributed by atoms with Gasteiger partial charge in [-0.25, -0.2) is 0 Å². The van der Waals surface area contributed by atoms with Gasteiger partial charge in [-0.3, -0.25) is 4.79 Å². The lowest BCUT2D eigenvalue weighted by molar-refractivity contribution is -0.137. The fraction of sp³-hybridized carbons (Fsp3) is 0.615. The van der Waals surface area contributed by atoms with Gasteiger partial charge in [-0.05, 0) is 37.7 Å². The average Bonchev–Trinajstić information content (AvgIpc) is 2.23. The van der Waals surface area contributed by atoms with Crippen LogP contribution in [0.25, 0.3) is 0 Å². The van der Waals surface area contributed by atoms with Crippen LogP contribution >= 0.6 is 0 Å². The van der Waals surface area contributed by atoms with Gasteiger partial charge in [0.05, 0.1) is 6.26 Å². The van der Waals surface area contributed by atoms with Crippen LogP contribution in [0.4, 0.5) is 0 Å². The molecule has 0 amide bonds. The predicted molar refractivity (Wildman–Crippen MR) is 63.4 cm³/mol. The molecule has 0 N–H and O–H groups in total. The van der Waals surface area contributed by atoms with Crippen LogP contribution in [0.15, 0.2) is 24.5 Å². The molecule has 0 spiro atoms. The van der Waals surface area contributed by atoms with Crippen LogP contribution in [0.2, 0.25) is 0 Å². The van der Waals surface area contributed by atoms with E-state index in [4.69, 9.17) is 4.74 Å². The molecule has 0 radical (unpaired) electrons. The molecule has 0 aromatic rings. The van der Waals surface area contributed by atoms with Crippen molar-refractivity contribution in [3.8, 4) is 0 Å². The predicted octanol–water partition coefficient (Wildman–Crippen LogP) is 3.84. The summed E-state index contributed by atoms with van der Waals surface area (Å²) in [6.45, 7) is 9.69. The molecule has 0 bridgehead atoms. The molecule has 0 saturated carbocycles. The number of carbonyl (C=O) groups is 1. The summed E-state index contributed by atoms with van der Waals surface area (Å²) in [7, 11) is 0. The van der Waals surface area contributed by atoms with E-state index in [0.717, 1.165) is 24.8 Å². The van der Waals surface area contributed by atoms with Crippen LogP contribution in [0, 0.1) is 5.92 Å². The Balaban J connectivity index is 3.76. The first-order chi connectivity index (χ1) is 7.10. The van der Waals surface area contributed by atoms with Crippen molar-refractivity contribution in [2.75, 3.05) is 0 Å². The van der Waals surface area contributed by atoms with Crippen LogP contribution in [0.1, 0.15) is 46.5 Å². The molecule has 0 aliphatic carbocycles. The highest BCUT2D eigenvalue weighted by molar-refractivity contribution is 5.69. The topological polar surface area (TPSA) is 26.3 Å². The molecule has 0 heterocycles. The summed E-state index contributed by atoms with van der Waals surface area (Å²) in [6.07, 6.45) is 7.08. The third-order valence-electron chi connectivity index (χ3n) is 2.28. The van der Waals surface area contributed by atoms with Crippen molar-refractivity contribution in [2.24, 2.45) is 5.92 Å².